The normalized spacial score (nSPS) is 30.9. The number of guanidine groups is 1. The lowest BCUT2D eigenvalue weighted by atomic mass is 10.1. The van der Waals surface area contributed by atoms with Crippen molar-refractivity contribution in [3.63, 3.8) is 0 Å². The molecule has 2 atom stereocenters. The van der Waals surface area contributed by atoms with Gasteiger partial charge in [-0.05, 0) is 12.8 Å². The van der Waals surface area contributed by atoms with Crippen molar-refractivity contribution in [2.24, 2.45) is 4.99 Å². The van der Waals surface area contributed by atoms with Crippen molar-refractivity contribution in [3.8, 4) is 0 Å². The van der Waals surface area contributed by atoms with Gasteiger partial charge >= 0.3 is 6.03 Å². The second kappa shape index (κ2) is 4.96. The third kappa shape index (κ3) is 2.01. The highest BCUT2D eigenvalue weighted by molar-refractivity contribution is 6.03. The first kappa shape index (κ1) is 13.2. The first-order valence-corrected chi connectivity index (χ1v) is 7.23. The van der Waals surface area contributed by atoms with Crippen LogP contribution in [0, 0.1) is 0 Å². The SMILES string of the molecule is CN1C(=O)NC(=O)C2C1N=C(N1CCCCCC1)N2C. The molecule has 3 aliphatic rings. The molecule has 0 saturated carbocycles. The Labute approximate surface area is 118 Å². The maximum atomic E-state index is 12.0. The largest absolute Gasteiger partial charge is 0.343 e. The molecule has 0 aromatic rings. The van der Waals surface area contributed by atoms with Gasteiger partial charge in [-0.2, -0.15) is 0 Å². The Kier molecular flexibility index (Phi) is 3.27. The van der Waals surface area contributed by atoms with Crippen LogP contribution >= 0.6 is 0 Å². The van der Waals surface area contributed by atoms with Crippen LogP contribution in [0.1, 0.15) is 25.7 Å². The van der Waals surface area contributed by atoms with Crippen LogP contribution in [0.5, 0.6) is 0 Å². The van der Waals surface area contributed by atoms with Crippen LogP contribution in [0.4, 0.5) is 4.79 Å². The number of rotatable bonds is 0. The molecule has 110 valence electrons. The molecule has 3 heterocycles. The summed E-state index contributed by atoms with van der Waals surface area (Å²) in [5, 5.41) is 2.38. The molecule has 0 aromatic heterocycles. The molecule has 2 unspecified atom stereocenters. The average Bonchev–Trinajstić information content (AvgIpc) is 2.62. The number of hydrogen-bond donors (Lipinski definition) is 1. The van der Waals surface area contributed by atoms with Crippen LogP contribution < -0.4 is 5.32 Å². The minimum absolute atomic E-state index is 0.255. The fraction of sp³-hybridized carbons (Fsp3) is 0.769. The summed E-state index contributed by atoms with van der Waals surface area (Å²) in [6, 6.07) is -0.776. The summed E-state index contributed by atoms with van der Waals surface area (Å²) >= 11 is 0. The van der Waals surface area contributed by atoms with Gasteiger partial charge in [-0.25, -0.2) is 9.79 Å². The Morgan fingerprint density at radius 3 is 2.35 bits per heavy atom. The van der Waals surface area contributed by atoms with E-state index in [1.807, 2.05) is 11.9 Å². The fourth-order valence-corrected chi connectivity index (χ4v) is 3.18. The molecule has 3 amide bonds. The maximum Gasteiger partial charge on any atom is 0.325 e. The molecule has 0 aliphatic carbocycles. The van der Waals surface area contributed by atoms with E-state index in [2.05, 4.69) is 15.2 Å². The van der Waals surface area contributed by atoms with Gasteiger partial charge in [0.25, 0.3) is 5.91 Å². The molecule has 0 spiro atoms. The molecule has 0 aromatic carbocycles. The number of fused-ring (bicyclic) bond motifs is 1. The molecule has 1 N–H and O–H groups in total. The number of carbonyl (C=O) groups is 2. The van der Waals surface area contributed by atoms with Gasteiger partial charge in [0.05, 0.1) is 0 Å². The van der Waals surface area contributed by atoms with E-state index in [9.17, 15) is 9.59 Å². The van der Waals surface area contributed by atoms with E-state index in [1.165, 1.54) is 17.7 Å². The second-order valence-electron chi connectivity index (χ2n) is 5.71. The third-order valence-corrected chi connectivity index (χ3v) is 4.37. The summed E-state index contributed by atoms with van der Waals surface area (Å²) in [6.45, 7) is 1.95. The molecule has 2 saturated heterocycles. The highest BCUT2D eigenvalue weighted by Crippen LogP contribution is 2.25. The van der Waals surface area contributed by atoms with Gasteiger partial charge in [0.2, 0.25) is 0 Å². The van der Waals surface area contributed by atoms with E-state index in [1.54, 1.807) is 7.05 Å². The lowest BCUT2D eigenvalue weighted by Gasteiger charge is -2.35. The Hall–Kier alpha value is -1.79. The van der Waals surface area contributed by atoms with E-state index >= 15 is 0 Å². The number of nitrogens with one attached hydrogen (secondary N) is 1. The number of aliphatic imine (C=N–C) groups is 1. The smallest absolute Gasteiger partial charge is 0.325 e. The van der Waals surface area contributed by atoms with Gasteiger partial charge in [-0.15, -0.1) is 0 Å². The molecule has 0 bridgehead atoms. The van der Waals surface area contributed by atoms with Crippen molar-refractivity contribution < 1.29 is 9.59 Å². The van der Waals surface area contributed by atoms with E-state index in [0.717, 1.165) is 31.9 Å². The number of imide groups is 1. The molecule has 2 fully saturated rings. The Bertz CT molecular complexity index is 456. The zero-order chi connectivity index (χ0) is 14.3. The summed E-state index contributed by atoms with van der Waals surface area (Å²) in [7, 11) is 3.57. The van der Waals surface area contributed by atoms with Crippen molar-refractivity contribution in [1.82, 2.24) is 20.0 Å². The third-order valence-electron chi connectivity index (χ3n) is 4.37. The quantitative estimate of drug-likeness (QED) is 0.680. The van der Waals surface area contributed by atoms with E-state index in [4.69, 9.17) is 0 Å². The average molecular weight is 279 g/mol. The van der Waals surface area contributed by atoms with Gasteiger partial charge in [0.15, 0.2) is 18.2 Å². The predicted octanol–water partition coefficient (Wildman–Crippen LogP) is 0.0401. The number of likely N-dealkylation sites (tertiary alicyclic amines) is 1. The van der Waals surface area contributed by atoms with Crippen molar-refractivity contribution in [3.05, 3.63) is 0 Å². The number of nitrogens with zero attached hydrogens (tertiary/aromatic N) is 4. The van der Waals surface area contributed by atoms with Crippen LogP contribution in [-0.2, 0) is 4.79 Å². The highest BCUT2D eigenvalue weighted by atomic mass is 16.2. The number of urea groups is 1. The zero-order valence-corrected chi connectivity index (χ0v) is 12.0. The zero-order valence-electron chi connectivity index (χ0n) is 12.0. The standard InChI is InChI=1S/C13H21N5O2/c1-16-9-10(17(2)13(20)15-11(9)19)14-12(16)18-7-5-3-4-6-8-18/h9-10H,3-8H2,1-2H3,(H,15,19,20). The van der Waals surface area contributed by atoms with Crippen LogP contribution in [0.25, 0.3) is 0 Å². The van der Waals surface area contributed by atoms with Crippen molar-refractivity contribution in [1.29, 1.82) is 0 Å². The molecule has 7 heteroatoms. The monoisotopic (exact) mass is 279 g/mol. The first-order chi connectivity index (χ1) is 9.59. The summed E-state index contributed by atoms with van der Waals surface area (Å²) in [4.78, 5) is 34.0. The van der Waals surface area contributed by atoms with E-state index < -0.39 is 12.2 Å². The van der Waals surface area contributed by atoms with Crippen molar-refractivity contribution in [2.45, 2.75) is 37.9 Å². The first-order valence-electron chi connectivity index (χ1n) is 7.23. The molecular weight excluding hydrogens is 258 g/mol. The number of carbonyl (C=O) groups excluding carboxylic acids is 2. The van der Waals surface area contributed by atoms with Gasteiger partial charge < -0.3 is 14.7 Å². The molecule has 3 aliphatic heterocycles. The minimum atomic E-state index is -0.407. The number of amides is 3. The molecule has 0 radical (unpaired) electrons. The Morgan fingerprint density at radius 2 is 1.70 bits per heavy atom. The molecular formula is C13H21N5O2. The fourth-order valence-electron chi connectivity index (χ4n) is 3.18. The summed E-state index contributed by atoms with van der Waals surface area (Å²) in [5.41, 5.74) is 0. The van der Waals surface area contributed by atoms with E-state index in [0.29, 0.717) is 0 Å². The summed E-state index contributed by atoms with van der Waals surface area (Å²) in [6.07, 6.45) is 4.41. The second-order valence-corrected chi connectivity index (χ2v) is 5.71. The topological polar surface area (TPSA) is 68.2 Å². The van der Waals surface area contributed by atoms with Crippen LogP contribution in [0.2, 0.25) is 0 Å². The van der Waals surface area contributed by atoms with Gasteiger partial charge in [0.1, 0.15) is 0 Å². The van der Waals surface area contributed by atoms with Crippen LogP contribution in [-0.4, -0.2) is 72.0 Å². The lowest BCUT2D eigenvalue weighted by Crippen LogP contribution is -2.63. The number of likely N-dealkylation sites (N-methyl/N-ethyl adjacent to an activating group) is 2. The minimum Gasteiger partial charge on any atom is -0.343 e. The van der Waals surface area contributed by atoms with Crippen molar-refractivity contribution in [2.75, 3.05) is 27.2 Å². The van der Waals surface area contributed by atoms with Gasteiger partial charge in [-0.3, -0.25) is 10.1 Å². The van der Waals surface area contributed by atoms with E-state index in [-0.39, 0.29) is 11.9 Å². The maximum absolute atomic E-state index is 12.0. The van der Waals surface area contributed by atoms with Crippen LogP contribution in [0.3, 0.4) is 0 Å². The molecule has 3 rings (SSSR count). The van der Waals surface area contributed by atoms with Gasteiger partial charge in [0, 0.05) is 27.2 Å². The van der Waals surface area contributed by atoms with Crippen molar-refractivity contribution >= 4 is 17.9 Å². The lowest BCUT2D eigenvalue weighted by molar-refractivity contribution is -0.126. The Balaban J connectivity index is 1.85. The Morgan fingerprint density at radius 1 is 1.05 bits per heavy atom. The summed E-state index contributed by atoms with van der Waals surface area (Å²) < 4.78 is 0. The van der Waals surface area contributed by atoms with Crippen LogP contribution in [0.15, 0.2) is 4.99 Å². The molecule has 7 nitrogen and oxygen atoms in total. The highest BCUT2D eigenvalue weighted by Gasteiger charge is 2.48. The predicted molar refractivity (Wildman–Crippen MR) is 74.1 cm³/mol. The van der Waals surface area contributed by atoms with Gasteiger partial charge in [-0.1, -0.05) is 12.8 Å². The summed E-state index contributed by atoms with van der Waals surface area (Å²) in [5.74, 6) is 0.591. The molecule has 20 heavy (non-hydrogen) atoms. The number of hydrogen-bond acceptors (Lipinski definition) is 5.